The van der Waals surface area contributed by atoms with E-state index in [0.29, 0.717) is 0 Å². The van der Waals surface area contributed by atoms with Crippen LogP contribution in [0.1, 0.15) is 28.2 Å². The lowest BCUT2D eigenvalue weighted by atomic mass is 10.1. The number of thiophene rings is 1. The summed E-state index contributed by atoms with van der Waals surface area (Å²) in [5.41, 5.74) is 3.40. The quantitative estimate of drug-likeness (QED) is 0.592. The minimum absolute atomic E-state index is 0.0119. The van der Waals surface area contributed by atoms with E-state index >= 15 is 0 Å². The topological polar surface area (TPSA) is 32.8 Å². The van der Waals surface area contributed by atoms with Crippen LogP contribution in [0.25, 0.3) is 11.1 Å². The molecule has 1 saturated heterocycles. The third kappa shape index (κ3) is 4.21. The maximum absolute atomic E-state index is 13.3. The van der Waals surface area contributed by atoms with Crippen molar-refractivity contribution in [2.45, 2.75) is 13.0 Å². The first-order valence-electron chi connectivity index (χ1n) is 9.99. The maximum atomic E-state index is 13.3. The summed E-state index contributed by atoms with van der Waals surface area (Å²) in [4.78, 5) is 18.3. The van der Waals surface area contributed by atoms with Crippen molar-refractivity contribution in [3.8, 4) is 11.1 Å². The minimum atomic E-state index is 0.0119. The number of carbonyl (C=O) groups is 1. The van der Waals surface area contributed by atoms with Crippen molar-refractivity contribution in [2.24, 2.45) is 0 Å². The molecule has 0 N–H and O–H groups in total. The highest BCUT2D eigenvalue weighted by Gasteiger charge is 2.25. The molecular formula is C24H26N2O2S. The van der Waals surface area contributed by atoms with E-state index in [1.807, 2.05) is 48.3 Å². The molecular weight excluding hydrogens is 380 g/mol. The molecule has 0 bridgehead atoms. The van der Waals surface area contributed by atoms with Gasteiger partial charge in [-0.15, -0.1) is 11.3 Å². The number of carbonyl (C=O) groups excluding carboxylic acids is 1. The molecule has 0 spiro atoms. The maximum Gasteiger partial charge on any atom is 0.264 e. The largest absolute Gasteiger partial charge is 0.378 e. The molecule has 0 saturated carbocycles. The Morgan fingerprint density at radius 2 is 1.66 bits per heavy atom. The number of rotatable bonds is 5. The predicted molar refractivity (Wildman–Crippen MR) is 120 cm³/mol. The van der Waals surface area contributed by atoms with Gasteiger partial charge in [0, 0.05) is 25.7 Å². The van der Waals surface area contributed by atoms with E-state index in [1.165, 1.54) is 0 Å². The van der Waals surface area contributed by atoms with Gasteiger partial charge in [-0.05, 0) is 24.1 Å². The van der Waals surface area contributed by atoms with Crippen LogP contribution >= 0.6 is 11.3 Å². The highest BCUT2D eigenvalue weighted by atomic mass is 32.1. The number of nitrogens with zero attached hydrogens (tertiary/aromatic N) is 2. The summed E-state index contributed by atoms with van der Waals surface area (Å²) in [5, 5.41) is 1.16. The van der Waals surface area contributed by atoms with Gasteiger partial charge in [-0.1, -0.05) is 60.7 Å². The zero-order chi connectivity index (χ0) is 20.2. The van der Waals surface area contributed by atoms with Crippen molar-refractivity contribution in [2.75, 3.05) is 38.3 Å². The Kier molecular flexibility index (Phi) is 5.97. The Morgan fingerprint density at radius 3 is 2.31 bits per heavy atom. The molecule has 1 aromatic heterocycles. The fraction of sp³-hybridized carbons (Fsp3) is 0.292. The average molecular weight is 407 g/mol. The third-order valence-electron chi connectivity index (χ3n) is 5.49. The molecule has 150 valence electrons. The summed E-state index contributed by atoms with van der Waals surface area (Å²) in [5.74, 6) is 0.0584. The van der Waals surface area contributed by atoms with Gasteiger partial charge in [-0.2, -0.15) is 0 Å². The van der Waals surface area contributed by atoms with Gasteiger partial charge in [0.15, 0.2) is 0 Å². The summed E-state index contributed by atoms with van der Waals surface area (Å²) in [6.07, 6.45) is 0. The molecule has 5 heteroatoms. The minimum Gasteiger partial charge on any atom is -0.378 e. The lowest BCUT2D eigenvalue weighted by Gasteiger charge is -2.28. The fourth-order valence-electron chi connectivity index (χ4n) is 3.62. The van der Waals surface area contributed by atoms with Crippen LogP contribution in [-0.2, 0) is 4.74 Å². The van der Waals surface area contributed by atoms with Gasteiger partial charge in [0.1, 0.15) is 0 Å². The Labute approximate surface area is 176 Å². The number of amides is 1. The van der Waals surface area contributed by atoms with Crippen molar-refractivity contribution < 1.29 is 9.53 Å². The molecule has 2 heterocycles. The highest BCUT2D eigenvalue weighted by molar-refractivity contribution is 7.18. The summed E-state index contributed by atoms with van der Waals surface area (Å²) in [6, 6.07) is 22.5. The molecule has 1 atom stereocenters. The van der Waals surface area contributed by atoms with Crippen LogP contribution in [0.4, 0.5) is 5.00 Å². The van der Waals surface area contributed by atoms with Crippen molar-refractivity contribution in [3.63, 3.8) is 0 Å². The number of ether oxygens (including phenoxy) is 1. The van der Waals surface area contributed by atoms with Crippen molar-refractivity contribution in [3.05, 3.63) is 77.2 Å². The van der Waals surface area contributed by atoms with Crippen molar-refractivity contribution >= 4 is 22.2 Å². The number of hydrogen-bond acceptors (Lipinski definition) is 4. The van der Waals surface area contributed by atoms with Crippen LogP contribution in [0.3, 0.4) is 0 Å². The van der Waals surface area contributed by atoms with Crippen LogP contribution in [0.5, 0.6) is 0 Å². The molecule has 0 radical (unpaired) electrons. The van der Waals surface area contributed by atoms with E-state index in [1.54, 1.807) is 11.3 Å². The second-order valence-electron chi connectivity index (χ2n) is 7.30. The molecule has 29 heavy (non-hydrogen) atoms. The van der Waals surface area contributed by atoms with Gasteiger partial charge >= 0.3 is 0 Å². The van der Waals surface area contributed by atoms with E-state index in [2.05, 4.69) is 42.2 Å². The molecule has 0 aliphatic carbocycles. The first kappa shape index (κ1) is 19.7. The smallest absolute Gasteiger partial charge is 0.264 e. The second-order valence-corrected chi connectivity index (χ2v) is 8.33. The summed E-state index contributed by atoms with van der Waals surface area (Å²) < 4.78 is 5.53. The molecule has 4 rings (SSSR count). The van der Waals surface area contributed by atoms with E-state index < -0.39 is 0 Å². The zero-order valence-electron chi connectivity index (χ0n) is 16.9. The number of anilines is 1. The van der Waals surface area contributed by atoms with Crippen LogP contribution < -0.4 is 4.90 Å². The standard InChI is InChI=1S/C24H26N2O2S/c1-18(19-9-5-3-6-10-19)25(2)23(27)22-17-21(20-11-7-4-8-12-20)24(29-22)26-13-15-28-16-14-26/h3-12,17-18H,13-16H2,1-2H3/t18-/m0/s1. The normalized spacial score (nSPS) is 15.2. The Balaban J connectivity index is 1.66. The van der Waals surface area contributed by atoms with Gasteiger partial charge in [-0.3, -0.25) is 4.79 Å². The Bertz CT molecular complexity index is 950. The summed E-state index contributed by atoms with van der Waals surface area (Å²) in [7, 11) is 1.89. The van der Waals surface area contributed by atoms with Gasteiger partial charge in [-0.25, -0.2) is 0 Å². The number of morpholine rings is 1. The molecule has 1 aliphatic heterocycles. The number of hydrogen-bond donors (Lipinski definition) is 0. The zero-order valence-corrected chi connectivity index (χ0v) is 17.7. The fourth-order valence-corrected chi connectivity index (χ4v) is 4.83. The van der Waals surface area contributed by atoms with Crippen molar-refractivity contribution in [1.82, 2.24) is 4.90 Å². The van der Waals surface area contributed by atoms with E-state index in [4.69, 9.17) is 4.74 Å². The first-order valence-corrected chi connectivity index (χ1v) is 10.8. The molecule has 1 amide bonds. The molecule has 3 aromatic rings. The molecule has 1 fully saturated rings. The second kappa shape index (κ2) is 8.80. The molecule has 4 nitrogen and oxygen atoms in total. The summed E-state index contributed by atoms with van der Waals surface area (Å²) in [6.45, 7) is 5.22. The van der Waals surface area contributed by atoms with E-state index in [0.717, 1.165) is 52.9 Å². The van der Waals surface area contributed by atoms with Gasteiger partial charge in [0.25, 0.3) is 5.91 Å². The average Bonchev–Trinajstić information content (AvgIpc) is 3.25. The van der Waals surface area contributed by atoms with Crippen LogP contribution in [0.2, 0.25) is 0 Å². The predicted octanol–water partition coefficient (Wildman–Crippen LogP) is 5.08. The van der Waals surface area contributed by atoms with Crippen LogP contribution in [0.15, 0.2) is 66.7 Å². The SMILES string of the molecule is C[C@@H](c1ccccc1)N(C)C(=O)c1cc(-c2ccccc2)c(N2CCOCC2)s1. The molecule has 2 aromatic carbocycles. The third-order valence-corrected chi connectivity index (χ3v) is 6.67. The Hall–Kier alpha value is -2.63. The lowest BCUT2D eigenvalue weighted by Crippen LogP contribution is -2.35. The Morgan fingerprint density at radius 1 is 1.03 bits per heavy atom. The van der Waals surface area contributed by atoms with Gasteiger partial charge in [0.2, 0.25) is 0 Å². The molecule has 1 aliphatic rings. The monoisotopic (exact) mass is 406 g/mol. The molecule has 0 unspecified atom stereocenters. The van der Waals surface area contributed by atoms with E-state index in [9.17, 15) is 4.79 Å². The summed E-state index contributed by atoms with van der Waals surface area (Å²) >= 11 is 1.59. The lowest BCUT2D eigenvalue weighted by molar-refractivity contribution is 0.0747. The van der Waals surface area contributed by atoms with Gasteiger partial charge < -0.3 is 14.5 Å². The van der Waals surface area contributed by atoms with Gasteiger partial charge in [0.05, 0.1) is 29.1 Å². The van der Waals surface area contributed by atoms with E-state index in [-0.39, 0.29) is 11.9 Å². The highest BCUT2D eigenvalue weighted by Crippen LogP contribution is 2.40. The van der Waals surface area contributed by atoms with Crippen LogP contribution in [-0.4, -0.2) is 44.2 Å². The van der Waals surface area contributed by atoms with Crippen molar-refractivity contribution in [1.29, 1.82) is 0 Å². The number of benzene rings is 2. The first-order chi connectivity index (χ1) is 14.1. The van der Waals surface area contributed by atoms with Crippen LogP contribution in [0, 0.1) is 0 Å².